The predicted molar refractivity (Wildman–Crippen MR) is 64.7 cm³/mol. The number of aryl methyl sites for hydroxylation is 1. The van der Waals surface area contributed by atoms with Crippen molar-refractivity contribution in [2.24, 2.45) is 5.73 Å². The third-order valence-corrected chi connectivity index (χ3v) is 3.70. The summed E-state index contributed by atoms with van der Waals surface area (Å²) in [5.41, 5.74) is 6.86. The number of ether oxygens (including phenoxy) is 1. The van der Waals surface area contributed by atoms with Gasteiger partial charge in [0.15, 0.2) is 0 Å². The highest BCUT2D eigenvalue weighted by Crippen LogP contribution is 2.32. The summed E-state index contributed by atoms with van der Waals surface area (Å²) in [5, 5.41) is 0. The second kappa shape index (κ2) is 5.42. The number of rotatable bonds is 4. The molecule has 1 aliphatic rings. The number of hydrogen-bond donors (Lipinski definition) is 1. The van der Waals surface area contributed by atoms with Gasteiger partial charge in [0, 0.05) is 4.90 Å². The lowest BCUT2D eigenvalue weighted by molar-refractivity contribution is 0.313. The quantitative estimate of drug-likeness (QED) is 0.796. The number of fused-ring (bicyclic) bond motifs is 1. The van der Waals surface area contributed by atoms with Gasteiger partial charge in [-0.25, -0.2) is 0 Å². The van der Waals surface area contributed by atoms with Crippen LogP contribution in [-0.4, -0.2) is 18.9 Å². The summed E-state index contributed by atoms with van der Waals surface area (Å²) in [7, 11) is 0. The van der Waals surface area contributed by atoms with Gasteiger partial charge in [0.05, 0.1) is 6.61 Å². The highest BCUT2D eigenvalue weighted by atomic mass is 32.2. The number of hydrogen-bond acceptors (Lipinski definition) is 3. The Kier molecular flexibility index (Phi) is 3.92. The lowest BCUT2D eigenvalue weighted by atomic mass is 10.1. The summed E-state index contributed by atoms with van der Waals surface area (Å²) in [4.78, 5) is 1.42. The Morgan fingerprint density at radius 2 is 2.33 bits per heavy atom. The summed E-state index contributed by atoms with van der Waals surface area (Å²) < 4.78 is 5.62. The molecule has 82 valence electrons. The van der Waals surface area contributed by atoms with Crippen LogP contribution in [0, 0.1) is 0 Å². The normalized spacial score (nSPS) is 14.7. The molecule has 15 heavy (non-hydrogen) atoms. The zero-order valence-electron chi connectivity index (χ0n) is 8.87. The van der Waals surface area contributed by atoms with E-state index in [4.69, 9.17) is 10.5 Å². The molecule has 1 heterocycles. The molecule has 0 bridgehead atoms. The highest BCUT2D eigenvalue weighted by molar-refractivity contribution is 7.99. The van der Waals surface area contributed by atoms with Crippen molar-refractivity contribution in [3.63, 3.8) is 0 Å². The average molecular weight is 223 g/mol. The third kappa shape index (κ3) is 2.89. The van der Waals surface area contributed by atoms with E-state index in [-0.39, 0.29) is 0 Å². The van der Waals surface area contributed by atoms with Gasteiger partial charge in [0.25, 0.3) is 0 Å². The van der Waals surface area contributed by atoms with Crippen molar-refractivity contribution in [1.82, 2.24) is 0 Å². The van der Waals surface area contributed by atoms with Crippen molar-refractivity contribution >= 4 is 11.8 Å². The molecule has 0 saturated carbocycles. The predicted octanol–water partition coefficient (Wildman–Crippen LogP) is 2.45. The maximum atomic E-state index is 5.62. The van der Waals surface area contributed by atoms with Crippen molar-refractivity contribution < 1.29 is 4.74 Å². The molecule has 2 N–H and O–H groups in total. The molecule has 1 aromatic rings. The molecular formula is C12H17NOS. The molecule has 3 heteroatoms. The van der Waals surface area contributed by atoms with Crippen molar-refractivity contribution in [2.75, 3.05) is 18.9 Å². The zero-order chi connectivity index (χ0) is 10.5. The first-order valence-corrected chi connectivity index (χ1v) is 6.47. The molecule has 0 aromatic heterocycles. The van der Waals surface area contributed by atoms with Crippen molar-refractivity contribution in [3.8, 4) is 5.75 Å². The smallest absolute Gasteiger partial charge is 0.119 e. The Bertz CT molecular complexity index is 327. The maximum absolute atomic E-state index is 5.62. The molecule has 2 rings (SSSR count). The van der Waals surface area contributed by atoms with E-state index in [9.17, 15) is 0 Å². The summed E-state index contributed by atoms with van der Waals surface area (Å²) in [6, 6.07) is 6.42. The van der Waals surface area contributed by atoms with Crippen molar-refractivity contribution in [3.05, 3.63) is 23.8 Å². The van der Waals surface area contributed by atoms with Crippen LogP contribution in [0.15, 0.2) is 23.1 Å². The van der Waals surface area contributed by atoms with Crippen LogP contribution in [0.3, 0.4) is 0 Å². The van der Waals surface area contributed by atoms with Gasteiger partial charge < -0.3 is 10.5 Å². The minimum Gasteiger partial charge on any atom is -0.494 e. The van der Waals surface area contributed by atoms with Gasteiger partial charge in [-0.15, -0.1) is 11.8 Å². The number of thioether (sulfide) groups is 1. The van der Waals surface area contributed by atoms with Gasteiger partial charge in [-0.05, 0) is 55.3 Å². The standard InChI is InChI=1S/C12H17NOS/c13-6-2-7-14-11-4-5-12-10(9-11)3-1-8-15-12/h4-5,9H,1-3,6-8,13H2. The molecule has 1 aromatic carbocycles. The van der Waals surface area contributed by atoms with E-state index in [1.807, 2.05) is 11.8 Å². The number of benzene rings is 1. The summed E-state index contributed by atoms with van der Waals surface area (Å²) in [5.74, 6) is 2.24. The largest absolute Gasteiger partial charge is 0.494 e. The molecule has 0 spiro atoms. The molecule has 0 unspecified atom stereocenters. The molecule has 0 amide bonds. The van der Waals surface area contributed by atoms with E-state index in [2.05, 4.69) is 18.2 Å². The summed E-state index contributed by atoms with van der Waals surface area (Å²) in [6.45, 7) is 1.42. The average Bonchev–Trinajstić information content (AvgIpc) is 2.29. The Morgan fingerprint density at radius 1 is 1.40 bits per heavy atom. The Labute approximate surface area is 95.2 Å². The first-order valence-electron chi connectivity index (χ1n) is 5.49. The second-order valence-corrected chi connectivity index (χ2v) is 4.85. The molecule has 0 atom stereocenters. The van der Waals surface area contributed by atoms with Gasteiger partial charge in [-0.2, -0.15) is 0 Å². The fourth-order valence-electron chi connectivity index (χ4n) is 1.70. The van der Waals surface area contributed by atoms with E-state index in [0.29, 0.717) is 6.54 Å². The molecule has 2 nitrogen and oxygen atoms in total. The fraction of sp³-hybridized carbons (Fsp3) is 0.500. The lowest BCUT2D eigenvalue weighted by Crippen LogP contribution is -2.06. The van der Waals surface area contributed by atoms with Crippen LogP contribution >= 0.6 is 11.8 Å². The van der Waals surface area contributed by atoms with Crippen LogP contribution in [0.25, 0.3) is 0 Å². The Morgan fingerprint density at radius 3 is 3.20 bits per heavy atom. The molecule has 0 aliphatic carbocycles. The van der Waals surface area contributed by atoms with E-state index < -0.39 is 0 Å². The first kappa shape index (κ1) is 10.8. The molecule has 0 saturated heterocycles. The molecule has 1 aliphatic heterocycles. The molecule has 0 radical (unpaired) electrons. The Balaban J connectivity index is 2.00. The van der Waals surface area contributed by atoms with Gasteiger partial charge in [-0.1, -0.05) is 0 Å². The van der Waals surface area contributed by atoms with Gasteiger partial charge in [0.2, 0.25) is 0 Å². The lowest BCUT2D eigenvalue weighted by Gasteiger charge is -2.16. The van der Waals surface area contributed by atoms with E-state index in [1.165, 1.54) is 29.1 Å². The fourth-order valence-corrected chi connectivity index (χ4v) is 2.72. The molecule has 0 fully saturated rings. The van der Waals surface area contributed by atoms with Crippen LogP contribution < -0.4 is 10.5 Å². The second-order valence-electron chi connectivity index (χ2n) is 3.71. The van der Waals surface area contributed by atoms with Crippen LogP contribution in [0.1, 0.15) is 18.4 Å². The van der Waals surface area contributed by atoms with E-state index in [1.54, 1.807) is 0 Å². The Hall–Kier alpha value is -0.670. The van der Waals surface area contributed by atoms with Crippen LogP contribution in [0.2, 0.25) is 0 Å². The number of nitrogens with two attached hydrogens (primary N) is 1. The van der Waals surface area contributed by atoms with Crippen LogP contribution in [0.5, 0.6) is 5.75 Å². The first-order chi connectivity index (χ1) is 7.40. The van der Waals surface area contributed by atoms with Gasteiger partial charge in [-0.3, -0.25) is 0 Å². The SMILES string of the molecule is NCCCOc1ccc2c(c1)CCCS2. The van der Waals surface area contributed by atoms with E-state index in [0.717, 1.165) is 18.8 Å². The molecular weight excluding hydrogens is 206 g/mol. The minimum atomic E-state index is 0.695. The van der Waals surface area contributed by atoms with Crippen molar-refractivity contribution in [1.29, 1.82) is 0 Å². The topological polar surface area (TPSA) is 35.2 Å². The monoisotopic (exact) mass is 223 g/mol. The summed E-state index contributed by atoms with van der Waals surface area (Å²) >= 11 is 1.95. The van der Waals surface area contributed by atoms with E-state index >= 15 is 0 Å². The van der Waals surface area contributed by atoms with Crippen LogP contribution in [0.4, 0.5) is 0 Å². The highest BCUT2D eigenvalue weighted by Gasteiger charge is 2.10. The summed E-state index contributed by atoms with van der Waals surface area (Å²) in [6.07, 6.45) is 3.40. The van der Waals surface area contributed by atoms with Gasteiger partial charge >= 0.3 is 0 Å². The third-order valence-electron chi connectivity index (χ3n) is 2.50. The zero-order valence-corrected chi connectivity index (χ0v) is 9.69. The van der Waals surface area contributed by atoms with Gasteiger partial charge in [0.1, 0.15) is 5.75 Å². The maximum Gasteiger partial charge on any atom is 0.119 e. The minimum absolute atomic E-state index is 0.695. The van der Waals surface area contributed by atoms with Crippen molar-refractivity contribution in [2.45, 2.75) is 24.2 Å². The van der Waals surface area contributed by atoms with Crippen LogP contribution in [-0.2, 0) is 6.42 Å².